The van der Waals surface area contributed by atoms with Crippen LogP contribution in [0.4, 0.5) is 15.2 Å². The van der Waals surface area contributed by atoms with Crippen molar-refractivity contribution in [3.05, 3.63) is 65.3 Å². The van der Waals surface area contributed by atoms with Crippen LogP contribution in [0.15, 0.2) is 53.9 Å². The fourth-order valence-electron chi connectivity index (χ4n) is 2.92. The van der Waals surface area contributed by atoms with Gasteiger partial charge >= 0.3 is 0 Å². The second-order valence-electron chi connectivity index (χ2n) is 5.93. The number of rotatable bonds is 3. The maximum atomic E-state index is 13.0. The summed E-state index contributed by atoms with van der Waals surface area (Å²) in [5.74, 6) is -1.33. The van der Waals surface area contributed by atoms with Gasteiger partial charge < -0.3 is 10.6 Å². The SMILES string of the molecule is O=C1CC(C(=O)Nc2nc(-c3ccc(F)cc3)cs2)c2ccccc2N1. The van der Waals surface area contributed by atoms with Crippen LogP contribution in [0.1, 0.15) is 17.9 Å². The number of amides is 2. The first-order valence-electron chi connectivity index (χ1n) is 8.01. The quantitative estimate of drug-likeness (QED) is 0.735. The minimum Gasteiger partial charge on any atom is -0.326 e. The molecule has 0 bridgehead atoms. The number of carbonyl (C=O) groups is 2. The van der Waals surface area contributed by atoms with Crippen molar-refractivity contribution in [3.63, 3.8) is 0 Å². The number of hydrogen-bond donors (Lipinski definition) is 2. The summed E-state index contributed by atoms with van der Waals surface area (Å²) in [5.41, 5.74) is 2.88. The van der Waals surface area contributed by atoms with E-state index >= 15 is 0 Å². The summed E-state index contributed by atoms with van der Waals surface area (Å²) in [6.07, 6.45) is 0.0963. The highest BCUT2D eigenvalue weighted by Gasteiger charge is 2.30. The molecule has 4 rings (SSSR count). The van der Waals surface area contributed by atoms with Crippen LogP contribution >= 0.6 is 11.3 Å². The van der Waals surface area contributed by atoms with Crippen LogP contribution in [-0.2, 0) is 9.59 Å². The lowest BCUT2D eigenvalue weighted by atomic mass is 9.90. The monoisotopic (exact) mass is 367 g/mol. The normalized spacial score (nSPS) is 15.9. The third-order valence-corrected chi connectivity index (χ3v) is 4.95. The number of hydrogen-bond acceptors (Lipinski definition) is 4. The molecule has 1 atom stereocenters. The summed E-state index contributed by atoms with van der Waals surface area (Å²) in [4.78, 5) is 29.0. The summed E-state index contributed by atoms with van der Waals surface area (Å²) in [5, 5.41) is 7.80. The minimum absolute atomic E-state index is 0.0963. The summed E-state index contributed by atoms with van der Waals surface area (Å²) in [7, 11) is 0. The average molecular weight is 367 g/mol. The van der Waals surface area contributed by atoms with E-state index in [-0.39, 0.29) is 24.1 Å². The Bertz CT molecular complexity index is 984. The molecule has 0 saturated carbocycles. The van der Waals surface area contributed by atoms with Gasteiger partial charge in [-0.15, -0.1) is 11.3 Å². The van der Waals surface area contributed by atoms with Crippen molar-refractivity contribution in [2.75, 3.05) is 10.6 Å². The first kappa shape index (κ1) is 16.4. The Kier molecular flexibility index (Phi) is 4.22. The molecule has 5 nitrogen and oxygen atoms in total. The second kappa shape index (κ2) is 6.68. The van der Waals surface area contributed by atoms with Gasteiger partial charge in [-0.3, -0.25) is 9.59 Å². The molecule has 130 valence electrons. The Morgan fingerprint density at radius 2 is 1.96 bits per heavy atom. The number of carbonyl (C=O) groups excluding carboxylic acids is 2. The van der Waals surface area contributed by atoms with Crippen molar-refractivity contribution < 1.29 is 14.0 Å². The van der Waals surface area contributed by atoms with Gasteiger partial charge in [0.15, 0.2) is 5.13 Å². The van der Waals surface area contributed by atoms with E-state index in [0.717, 1.165) is 11.1 Å². The van der Waals surface area contributed by atoms with Gasteiger partial charge in [0.1, 0.15) is 5.82 Å². The summed E-state index contributed by atoms with van der Waals surface area (Å²) >= 11 is 1.29. The molecular formula is C19H14FN3O2S. The lowest BCUT2D eigenvalue weighted by Crippen LogP contribution is -2.30. The molecule has 2 heterocycles. The van der Waals surface area contributed by atoms with Crippen LogP contribution in [0, 0.1) is 5.82 Å². The molecule has 2 amide bonds. The number of aromatic nitrogens is 1. The highest BCUT2D eigenvalue weighted by molar-refractivity contribution is 7.14. The largest absolute Gasteiger partial charge is 0.326 e. The second-order valence-corrected chi connectivity index (χ2v) is 6.78. The van der Waals surface area contributed by atoms with Crippen molar-refractivity contribution in [2.45, 2.75) is 12.3 Å². The standard InChI is InChI=1S/C19H14FN3O2S/c20-12-7-5-11(6-8-12)16-10-26-19(22-16)23-18(25)14-9-17(24)21-15-4-2-1-3-13(14)15/h1-8,10,14H,9H2,(H,21,24)(H,22,23,25). The van der Waals surface area contributed by atoms with E-state index in [4.69, 9.17) is 0 Å². The maximum Gasteiger partial charge on any atom is 0.234 e. The molecule has 0 saturated heterocycles. The average Bonchev–Trinajstić information content (AvgIpc) is 3.10. The Morgan fingerprint density at radius 3 is 2.77 bits per heavy atom. The molecule has 0 fully saturated rings. The highest BCUT2D eigenvalue weighted by Crippen LogP contribution is 2.33. The molecule has 3 aromatic rings. The summed E-state index contributed by atoms with van der Waals surface area (Å²) in [6, 6.07) is 13.3. The molecule has 0 spiro atoms. The van der Waals surface area contributed by atoms with E-state index in [2.05, 4.69) is 15.6 Å². The van der Waals surface area contributed by atoms with Gasteiger partial charge in [0, 0.05) is 23.1 Å². The third kappa shape index (κ3) is 3.21. The third-order valence-electron chi connectivity index (χ3n) is 4.19. The molecule has 1 unspecified atom stereocenters. The minimum atomic E-state index is -0.557. The Balaban J connectivity index is 1.54. The predicted octanol–water partition coefficient (Wildman–Crippen LogP) is 4.01. The number of fused-ring (bicyclic) bond motifs is 1. The van der Waals surface area contributed by atoms with Gasteiger partial charge in [-0.2, -0.15) is 0 Å². The number of para-hydroxylation sites is 1. The van der Waals surface area contributed by atoms with Gasteiger partial charge in [0.05, 0.1) is 11.6 Å². The zero-order valence-electron chi connectivity index (χ0n) is 13.5. The number of benzene rings is 2. The zero-order valence-corrected chi connectivity index (χ0v) is 14.3. The first-order valence-corrected chi connectivity index (χ1v) is 8.89. The lowest BCUT2D eigenvalue weighted by molar-refractivity contribution is -0.123. The van der Waals surface area contributed by atoms with E-state index in [1.54, 1.807) is 23.6 Å². The molecule has 0 aliphatic carbocycles. The fourth-order valence-corrected chi connectivity index (χ4v) is 3.64. The molecule has 2 N–H and O–H groups in total. The van der Waals surface area contributed by atoms with Gasteiger partial charge in [0.25, 0.3) is 0 Å². The van der Waals surface area contributed by atoms with E-state index in [1.165, 1.54) is 23.5 Å². The van der Waals surface area contributed by atoms with Crippen LogP contribution in [0.2, 0.25) is 0 Å². The van der Waals surface area contributed by atoms with Crippen molar-refractivity contribution in [3.8, 4) is 11.3 Å². The maximum absolute atomic E-state index is 13.0. The van der Waals surface area contributed by atoms with Crippen molar-refractivity contribution in [1.29, 1.82) is 0 Å². The zero-order chi connectivity index (χ0) is 18.1. The molecule has 1 aliphatic rings. The molecule has 26 heavy (non-hydrogen) atoms. The number of thiazole rings is 1. The van der Waals surface area contributed by atoms with Crippen LogP contribution in [0.3, 0.4) is 0 Å². The molecule has 0 radical (unpaired) electrons. The van der Waals surface area contributed by atoms with Crippen LogP contribution in [0.25, 0.3) is 11.3 Å². The first-order chi connectivity index (χ1) is 12.6. The van der Waals surface area contributed by atoms with E-state index in [9.17, 15) is 14.0 Å². The molecule has 1 aliphatic heterocycles. The van der Waals surface area contributed by atoms with Crippen LogP contribution < -0.4 is 10.6 Å². The smallest absolute Gasteiger partial charge is 0.234 e. The molecule has 7 heteroatoms. The van der Waals surface area contributed by atoms with Gasteiger partial charge in [-0.25, -0.2) is 9.37 Å². The van der Waals surface area contributed by atoms with Crippen LogP contribution in [-0.4, -0.2) is 16.8 Å². The number of nitrogens with zero attached hydrogens (tertiary/aromatic N) is 1. The van der Waals surface area contributed by atoms with Crippen LogP contribution in [0.5, 0.6) is 0 Å². The van der Waals surface area contributed by atoms with Crippen molar-refractivity contribution in [1.82, 2.24) is 4.98 Å². The topological polar surface area (TPSA) is 71.1 Å². The molecular weight excluding hydrogens is 353 g/mol. The number of nitrogens with one attached hydrogen (secondary N) is 2. The molecule has 2 aromatic carbocycles. The Labute approximate surface area is 152 Å². The van der Waals surface area contributed by atoms with E-state index in [0.29, 0.717) is 16.5 Å². The van der Waals surface area contributed by atoms with Gasteiger partial charge in [-0.1, -0.05) is 18.2 Å². The molecule has 1 aromatic heterocycles. The highest BCUT2D eigenvalue weighted by atomic mass is 32.1. The van der Waals surface area contributed by atoms with Gasteiger partial charge in [0.2, 0.25) is 11.8 Å². The van der Waals surface area contributed by atoms with Crippen molar-refractivity contribution in [2.24, 2.45) is 0 Å². The van der Waals surface area contributed by atoms with E-state index in [1.807, 2.05) is 18.2 Å². The van der Waals surface area contributed by atoms with Crippen molar-refractivity contribution >= 4 is 34.0 Å². The number of anilines is 2. The predicted molar refractivity (Wildman–Crippen MR) is 98.6 cm³/mol. The summed E-state index contributed by atoms with van der Waals surface area (Å²) < 4.78 is 13.0. The van der Waals surface area contributed by atoms with Gasteiger partial charge in [-0.05, 0) is 35.9 Å². The summed E-state index contributed by atoms with van der Waals surface area (Å²) in [6.45, 7) is 0. The van der Waals surface area contributed by atoms with E-state index < -0.39 is 5.92 Å². The number of halogens is 1. The fraction of sp³-hybridized carbons (Fsp3) is 0.105. The Hall–Kier alpha value is -3.06. The lowest BCUT2D eigenvalue weighted by Gasteiger charge is -2.24. The Morgan fingerprint density at radius 1 is 1.19 bits per heavy atom.